The summed E-state index contributed by atoms with van der Waals surface area (Å²) in [6, 6.07) is 3.24. The van der Waals surface area contributed by atoms with Crippen LogP contribution in [0.2, 0.25) is 0 Å². The predicted octanol–water partition coefficient (Wildman–Crippen LogP) is 2.05. The van der Waals surface area contributed by atoms with Crippen molar-refractivity contribution in [3.8, 4) is 0 Å². The van der Waals surface area contributed by atoms with Crippen molar-refractivity contribution in [1.82, 2.24) is 4.31 Å². The molecule has 118 valence electrons. The van der Waals surface area contributed by atoms with Crippen molar-refractivity contribution in [1.29, 1.82) is 0 Å². The van der Waals surface area contributed by atoms with Crippen LogP contribution in [0.25, 0.3) is 0 Å². The van der Waals surface area contributed by atoms with Gasteiger partial charge in [-0.25, -0.2) is 8.42 Å². The lowest BCUT2D eigenvalue weighted by molar-refractivity contribution is 0.0632. The molecule has 2 rings (SSSR count). The minimum absolute atomic E-state index is 0.0419. The molecular formula is C14H20BrNO4S. The summed E-state index contributed by atoms with van der Waals surface area (Å²) in [5, 5.41) is 9.28. The molecular weight excluding hydrogens is 358 g/mol. The van der Waals surface area contributed by atoms with Crippen molar-refractivity contribution in [2.75, 3.05) is 20.3 Å². The second-order valence-electron chi connectivity index (χ2n) is 5.22. The van der Waals surface area contributed by atoms with Crippen molar-refractivity contribution >= 4 is 26.0 Å². The fraction of sp³-hybridized carbons (Fsp3) is 0.571. The molecule has 1 aliphatic heterocycles. The molecule has 0 unspecified atom stereocenters. The van der Waals surface area contributed by atoms with Crippen LogP contribution < -0.4 is 0 Å². The van der Waals surface area contributed by atoms with Gasteiger partial charge in [-0.15, -0.1) is 0 Å². The van der Waals surface area contributed by atoms with E-state index in [4.69, 9.17) is 4.74 Å². The van der Waals surface area contributed by atoms with Crippen LogP contribution >= 0.6 is 15.9 Å². The zero-order valence-corrected chi connectivity index (χ0v) is 14.6. The third-order valence-corrected chi connectivity index (χ3v) is 6.76. The lowest BCUT2D eigenvalue weighted by Gasteiger charge is -2.31. The van der Waals surface area contributed by atoms with Gasteiger partial charge in [0.05, 0.1) is 11.5 Å². The summed E-state index contributed by atoms with van der Waals surface area (Å²) in [6.45, 7) is 2.74. The summed E-state index contributed by atoms with van der Waals surface area (Å²) < 4.78 is 33.1. The topological polar surface area (TPSA) is 66.8 Å². The third-order valence-electron chi connectivity index (χ3n) is 3.90. The van der Waals surface area contributed by atoms with Gasteiger partial charge in [0.25, 0.3) is 0 Å². The molecule has 0 aliphatic carbocycles. The number of ether oxygens (including phenoxy) is 1. The Labute approximate surface area is 134 Å². The summed E-state index contributed by atoms with van der Waals surface area (Å²) in [6.07, 6.45) is 1.41. The maximum absolute atomic E-state index is 12.9. The molecule has 0 amide bonds. The average Bonchev–Trinajstić information content (AvgIpc) is 2.49. The normalized spacial score (nSPS) is 17.4. The van der Waals surface area contributed by atoms with Crippen LogP contribution in [0.15, 0.2) is 21.5 Å². The van der Waals surface area contributed by atoms with Crippen LogP contribution in [0.1, 0.15) is 24.0 Å². The molecule has 1 aromatic rings. The minimum atomic E-state index is -3.59. The molecule has 1 N–H and O–H groups in total. The molecule has 5 nitrogen and oxygen atoms in total. The molecule has 7 heteroatoms. The number of halogens is 1. The molecule has 21 heavy (non-hydrogen) atoms. The molecule has 0 atom stereocenters. The summed E-state index contributed by atoms with van der Waals surface area (Å²) >= 11 is 3.36. The largest absolute Gasteiger partial charge is 0.392 e. The highest BCUT2D eigenvalue weighted by Gasteiger charge is 2.31. The Kier molecular flexibility index (Phi) is 5.43. The average molecular weight is 378 g/mol. The van der Waals surface area contributed by atoms with E-state index in [1.807, 2.05) is 0 Å². The Balaban J connectivity index is 2.40. The monoisotopic (exact) mass is 377 g/mol. The van der Waals surface area contributed by atoms with Crippen LogP contribution in [0.4, 0.5) is 0 Å². The molecule has 0 spiro atoms. The van der Waals surface area contributed by atoms with Gasteiger partial charge in [-0.2, -0.15) is 4.31 Å². The zero-order valence-electron chi connectivity index (χ0n) is 12.2. The molecule has 0 saturated carbocycles. The lowest BCUT2D eigenvalue weighted by Crippen LogP contribution is -2.40. The van der Waals surface area contributed by atoms with Crippen LogP contribution in [0.5, 0.6) is 0 Å². The van der Waals surface area contributed by atoms with Gasteiger partial charge < -0.3 is 9.84 Å². The van der Waals surface area contributed by atoms with Crippen molar-refractivity contribution in [3.05, 3.63) is 27.7 Å². The van der Waals surface area contributed by atoms with E-state index < -0.39 is 10.0 Å². The number of aliphatic hydroxyl groups excluding tert-OH is 1. The van der Waals surface area contributed by atoms with Gasteiger partial charge in [-0.3, -0.25) is 0 Å². The number of rotatable bonds is 4. The number of benzene rings is 1. The standard InChI is InChI=1S/C14H20BrNO4S/c1-10-13(15)7-11(9-17)8-14(10)21(18,19)16(2)12-3-5-20-6-4-12/h7-8,12,17H,3-6,9H2,1-2H3. The van der Waals surface area contributed by atoms with Crippen molar-refractivity contribution in [2.45, 2.75) is 37.3 Å². The fourth-order valence-electron chi connectivity index (χ4n) is 2.47. The highest BCUT2D eigenvalue weighted by atomic mass is 79.9. The van der Waals surface area contributed by atoms with Crippen LogP contribution in [-0.4, -0.2) is 44.1 Å². The first-order valence-electron chi connectivity index (χ1n) is 6.83. The fourth-order valence-corrected chi connectivity index (χ4v) is 4.82. The quantitative estimate of drug-likeness (QED) is 0.871. The second kappa shape index (κ2) is 6.75. The Hall–Kier alpha value is -0.470. The minimum Gasteiger partial charge on any atom is -0.392 e. The highest BCUT2D eigenvalue weighted by molar-refractivity contribution is 9.10. The first kappa shape index (κ1) is 16.9. The van der Waals surface area contributed by atoms with E-state index in [1.54, 1.807) is 26.1 Å². The van der Waals surface area contributed by atoms with Crippen molar-refractivity contribution in [3.63, 3.8) is 0 Å². The van der Waals surface area contributed by atoms with E-state index in [0.29, 0.717) is 41.7 Å². The van der Waals surface area contributed by atoms with Gasteiger partial charge in [0, 0.05) is 30.8 Å². The maximum Gasteiger partial charge on any atom is 0.243 e. The second-order valence-corrected chi connectivity index (χ2v) is 8.04. The summed E-state index contributed by atoms with van der Waals surface area (Å²) in [7, 11) is -1.97. The van der Waals surface area contributed by atoms with Crippen LogP contribution in [0, 0.1) is 6.92 Å². The van der Waals surface area contributed by atoms with E-state index in [0.717, 1.165) is 0 Å². The molecule has 0 radical (unpaired) electrons. The maximum atomic E-state index is 12.9. The lowest BCUT2D eigenvalue weighted by atomic mass is 10.1. The Bertz CT molecular complexity index is 612. The molecule has 1 heterocycles. The summed E-state index contributed by atoms with van der Waals surface area (Å²) in [5.74, 6) is 0. The van der Waals surface area contributed by atoms with Gasteiger partial charge in [0.15, 0.2) is 0 Å². The van der Waals surface area contributed by atoms with Gasteiger partial charge in [0.2, 0.25) is 10.0 Å². The SMILES string of the molecule is Cc1c(Br)cc(CO)cc1S(=O)(=O)N(C)C1CCOCC1. The molecule has 1 aromatic carbocycles. The van der Waals surface area contributed by atoms with Gasteiger partial charge in [-0.1, -0.05) is 15.9 Å². The van der Waals surface area contributed by atoms with E-state index in [-0.39, 0.29) is 17.5 Å². The van der Waals surface area contributed by atoms with Crippen molar-refractivity contribution < 1.29 is 18.3 Å². The van der Waals surface area contributed by atoms with E-state index in [2.05, 4.69) is 15.9 Å². The molecule has 1 saturated heterocycles. The van der Waals surface area contributed by atoms with Gasteiger partial charge in [-0.05, 0) is 43.0 Å². The smallest absolute Gasteiger partial charge is 0.243 e. The van der Waals surface area contributed by atoms with Crippen LogP contribution in [-0.2, 0) is 21.4 Å². The third kappa shape index (κ3) is 3.48. The Morgan fingerprint density at radius 1 is 1.38 bits per heavy atom. The predicted molar refractivity (Wildman–Crippen MR) is 83.6 cm³/mol. The molecule has 1 aliphatic rings. The molecule has 1 fully saturated rings. The summed E-state index contributed by atoms with van der Waals surface area (Å²) in [4.78, 5) is 0.245. The Morgan fingerprint density at radius 3 is 2.57 bits per heavy atom. The number of aliphatic hydroxyl groups is 1. The number of hydrogen-bond donors (Lipinski definition) is 1. The van der Waals surface area contributed by atoms with Gasteiger partial charge in [0.1, 0.15) is 0 Å². The van der Waals surface area contributed by atoms with E-state index in [1.165, 1.54) is 4.31 Å². The first-order valence-corrected chi connectivity index (χ1v) is 9.07. The first-order chi connectivity index (χ1) is 9.87. The van der Waals surface area contributed by atoms with Crippen molar-refractivity contribution in [2.24, 2.45) is 0 Å². The Morgan fingerprint density at radius 2 is 2.00 bits per heavy atom. The molecule has 0 bridgehead atoms. The zero-order chi connectivity index (χ0) is 15.6. The van der Waals surface area contributed by atoms with Gasteiger partial charge >= 0.3 is 0 Å². The van der Waals surface area contributed by atoms with E-state index in [9.17, 15) is 13.5 Å². The van der Waals surface area contributed by atoms with Crippen LogP contribution in [0.3, 0.4) is 0 Å². The molecule has 0 aromatic heterocycles. The highest BCUT2D eigenvalue weighted by Crippen LogP contribution is 2.29. The number of hydrogen-bond acceptors (Lipinski definition) is 4. The number of nitrogens with zero attached hydrogens (tertiary/aromatic N) is 1. The van der Waals surface area contributed by atoms with E-state index >= 15 is 0 Å². The number of sulfonamides is 1. The summed E-state index contributed by atoms with van der Waals surface area (Å²) in [5.41, 5.74) is 1.23.